The number of rotatable bonds is 15. The molecular weight excluding hydrogens is 624 g/mol. The van der Waals surface area contributed by atoms with Crippen molar-refractivity contribution in [2.45, 2.75) is 65.8 Å². The van der Waals surface area contributed by atoms with Crippen LogP contribution in [0.15, 0.2) is 60.8 Å². The van der Waals surface area contributed by atoms with Gasteiger partial charge in [0.05, 0.1) is 37.7 Å². The van der Waals surface area contributed by atoms with E-state index in [1.54, 1.807) is 80.6 Å². The minimum atomic E-state index is -1.03. The molecule has 0 aliphatic rings. The molecule has 12 nitrogen and oxygen atoms in total. The molecule has 3 aromatic rings. The van der Waals surface area contributed by atoms with E-state index in [-0.39, 0.29) is 25.4 Å². The Morgan fingerprint density at radius 2 is 1.61 bits per heavy atom. The van der Waals surface area contributed by atoms with Gasteiger partial charge in [0.1, 0.15) is 6.04 Å². The zero-order chi connectivity index (χ0) is 36.2. The molecule has 0 fully saturated rings. The molecule has 3 amide bonds. The molecule has 0 saturated carbocycles. The standard InChI is InChI=1S/C37H46N6O6/c1-22(2)49-37(46)42-32(17-30-23(3)14-28(35(40)44)15-24(30)4)36(45)43(21-26-12-13-33(47-6)34(16-26)48-7)25(5)19-41-20-31(39)29-11-9-8-10-27(29)18-38/h8-16,20,22,25,32,41H,17,19,21,39H2,1-7H3,(H2,40,44)(H,42,46)/b31-20-/t25-,32-/m0/s1. The van der Waals surface area contributed by atoms with Crippen molar-refractivity contribution in [2.75, 3.05) is 20.8 Å². The van der Waals surface area contributed by atoms with Crippen LogP contribution in [0.2, 0.25) is 0 Å². The number of nitrogens with one attached hydrogen (secondary N) is 2. The Labute approximate surface area is 288 Å². The predicted octanol–water partition coefficient (Wildman–Crippen LogP) is 4.30. The summed E-state index contributed by atoms with van der Waals surface area (Å²) < 4.78 is 16.3. The van der Waals surface area contributed by atoms with E-state index in [1.165, 1.54) is 7.11 Å². The van der Waals surface area contributed by atoms with Gasteiger partial charge in [-0.15, -0.1) is 0 Å². The van der Waals surface area contributed by atoms with Crippen molar-refractivity contribution in [1.29, 1.82) is 5.26 Å². The van der Waals surface area contributed by atoms with Gasteiger partial charge in [0.25, 0.3) is 0 Å². The second-order valence-electron chi connectivity index (χ2n) is 12.0. The summed E-state index contributed by atoms with van der Waals surface area (Å²) in [5, 5.41) is 15.5. The van der Waals surface area contributed by atoms with E-state index in [0.717, 1.165) is 22.3 Å². The first kappa shape index (κ1) is 37.8. The van der Waals surface area contributed by atoms with Crippen LogP contribution in [-0.2, 0) is 22.5 Å². The topological polar surface area (TPSA) is 182 Å². The van der Waals surface area contributed by atoms with Crippen LogP contribution in [0.1, 0.15) is 64.5 Å². The molecular formula is C37H46N6O6. The highest BCUT2D eigenvalue weighted by Crippen LogP contribution is 2.29. The van der Waals surface area contributed by atoms with Gasteiger partial charge in [-0.25, -0.2) is 4.79 Å². The zero-order valence-electron chi connectivity index (χ0n) is 29.1. The summed E-state index contributed by atoms with van der Waals surface area (Å²) in [5.74, 6) is 0.117. The highest BCUT2D eigenvalue weighted by molar-refractivity contribution is 5.93. The average molecular weight is 671 g/mol. The van der Waals surface area contributed by atoms with Crippen molar-refractivity contribution in [3.63, 3.8) is 0 Å². The number of carbonyl (C=O) groups is 3. The van der Waals surface area contributed by atoms with E-state index < -0.39 is 30.2 Å². The molecule has 3 aromatic carbocycles. The number of hydrogen-bond donors (Lipinski definition) is 4. The minimum Gasteiger partial charge on any atom is -0.493 e. The van der Waals surface area contributed by atoms with Crippen molar-refractivity contribution in [3.05, 3.63) is 99.7 Å². The van der Waals surface area contributed by atoms with Gasteiger partial charge in [-0.3, -0.25) is 9.59 Å². The van der Waals surface area contributed by atoms with Crippen molar-refractivity contribution in [1.82, 2.24) is 15.5 Å². The van der Waals surface area contributed by atoms with Crippen LogP contribution in [0.3, 0.4) is 0 Å². The Bertz CT molecular complexity index is 1710. The van der Waals surface area contributed by atoms with Crippen LogP contribution < -0.4 is 31.6 Å². The first-order valence-corrected chi connectivity index (χ1v) is 15.9. The number of ether oxygens (including phenoxy) is 3. The lowest BCUT2D eigenvalue weighted by molar-refractivity contribution is -0.136. The van der Waals surface area contributed by atoms with Crippen LogP contribution in [0.25, 0.3) is 5.70 Å². The molecule has 0 aliphatic carbocycles. The van der Waals surface area contributed by atoms with Gasteiger partial charge in [0, 0.05) is 42.9 Å². The Balaban J connectivity index is 2.02. The fourth-order valence-electron chi connectivity index (χ4n) is 5.44. The average Bonchev–Trinajstić information content (AvgIpc) is 3.06. The van der Waals surface area contributed by atoms with Gasteiger partial charge in [0.2, 0.25) is 11.8 Å². The Morgan fingerprint density at radius 3 is 2.20 bits per heavy atom. The number of nitrogens with two attached hydrogens (primary N) is 2. The monoisotopic (exact) mass is 670 g/mol. The Hall–Kier alpha value is -5.70. The number of nitrogens with zero attached hydrogens (tertiary/aromatic N) is 2. The van der Waals surface area contributed by atoms with Crippen LogP contribution in [0, 0.1) is 25.2 Å². The molecule has 0 aliphatic heterocycles. The van der Waals surface area contributed by atoms with Crippen molar-refractivity contribution < 1.29 is 28.6 Å². The van der Waals surface area contributed by atoms with Crippen LogP contribution in [-0.4, -0.2) is 61.8 Å². The lowest BCUT2D eigenvalue weighted by atomic mass is 9.93. The second-order valence-corrected chi connectivity index (χ2v) is 12.0. The summed E-state index contributed by atoms with van der Waals surface area (Å²) in [6.45, 7) is 9.42. The molecule has 49 heavy (non-hydrogen) atoms. The first-order valence-electron chi connectivity index (χ1n) is 15.9. The zero-order valence-corrected chi connectivity index (χ0v) is 29.1. The van der Waals surface area contributed by atoms with Gasteiger partial charge in [-0.2, -0.15) is 5.26 Å². The maximum atomic E-state index is 14.6. The van der Waals surface area contributed by atoms with Crippen LogP contribution in [0.5, 0.6) is 11.5 Å². The number of benzene rings is 3. The third-order valence-electron chi connectivity index (χ3n) is 7.97. The molecule has 260 valence electrons. The third-order valence-corrected chi connectivity index (χ3v) is 7.97. The highest BCUT2D eigenvalue weighted by atomic mass is 16.6. The van der Waals surface area contributed by atoms with Gasteiger partial charge < -0.3 is 41.2 Å². The molecule has 0 aromatic heterocycles. The van der Waals surface area contributed by atoms with Gasteiger partial charge >= 0.3 is 6.09 Å². The van der Waals surface area contributed by atoms with Crippen molar-refractivity contribution in [3.8, 4) is 17.6 Å². The van der Waals surface area contributed by atoms with Gasteiger partial charge in [-0.1, -0.05) is 24.3 Å². The molecule has 0 unspecified atom stereocenters. The summed E-state index contributed by atoms with van der Waals surface area (Å²) in [7, 11) is 3.08. The number of hydrogen-bond acceptors (Lipinski definition) is 9. The normalized spacial score (nSPS) is 12.3. The summed E-state index contributed by atoms with van der Waals surface area (Å²) in [6.07, 6.45) is 0.585. The molecule has 2 atom stereocenters. The quantitative estimate of drug-likeness (QED) is 0.183. The van der Waals surface area contributed by atoms with Crippen molar-refractivity contribution in [2.24, 2.45) is 11.5 Å². The van der Waals surface area contributed by atoms with E-state index in [1.807, 2.05) is 26.8 Å². The molecule has 6 N–H and O–H groups in total. The Morgan fingerprint density at radius 1 is 0.959 bits per heavy atom. The third kappa shape index (κ3) is 10.1. The molecule has 12 heteroatoms. The number of amides is 3. The van der Waals surface area contributed by atoms with E-state index in [9.17, 15) is 19.6 Å². The predicted molar refractivity (Wildman–Crippen MR) is 188 cm³/mol. The number of methoxy groups -OCH3 is 2. The van der Waals surface area contributed by atoms with Gasteiger partial charge in [-0.05, 0) is 87.2 Å². The summed E-state index contributed by atoms with van der Waals surface area (Å²) >= 11 is 0. The number of carbonyl (C=O) groups excluding carboxylic acids is 3. The number of aryl methyl sites for hydroxylation is 2. The molecule has 0 saturated heterocycles. The fourth-order valence-corrected chi connectivity index (χ4v) is 5.44. The maximum absolute atomic E-state index is 14.6. The molecule has 3 rings (SSSR count). The smallest absolute Gasteiger partial charge is 0.408 e. The van der Waals surface area contributed by atoms with Crippen LogP contribution >= 0.6 is 0 Å². The van der Waals surface area contributed by atoms with E-state index in [2.05, 4.69) is 16.7 Å². The molecule has 0 radical (unpaired) electrons. The SMILES string of the molecule is COc1ccc(CN(C(=O)[C@H](Cc2c(C)cc(C(N)=O)cc2C)NC(=O)OC(C)C)[C@@H](C)CN/C=C(\N)c2ccccc2C#N)cc1OC. The van der Waals surface area contributed by atoms with Crippen LogP contribution in [0.4, 0.5) is 4.79 Å². The van der Waals surface area contributed by atoms with Crippen molar-refractivity contribution >= 4 is 23.6 Å². The van der Waals surface area contributed by atoms with E-state index in [4.69, 9.17) is 25.7 Å². The highest BCUT2D eigenvalue weighted by Gasteiger charge is 2.31. The lowest BCUT2D eigenvalue weighted by Crippen LogP contribution is -2.53. The Kier molecular flexibility index (Phi) is 13.4. The number of alkyl carbamates (subject to hydrolysis) is 1. The summed E-state index contributed by atoms with van der Waals surface area (Å²) in [6, 6.07) is 16.4. The minimum absolute atomic E-state index is 0.128. The molecule has 0 heterocycles. The number of nitriles is 1. The molecule has 0 spiro atoms. The summed E-state index contributed by atoms with van der Waals surface area (Å²) in [5.41, 5.74) is 16.7. The first-order chi connectivity index (χ1) is 23.3. The summed E-state index contributed by atoms with van der Waals surface area (Å²) in [4.78, 5) is 41.1. The fraction of sp³-hybridized carbons (Fsp3) is 0.351. The maximum Gasteiger partial charge on any atom is 0.408 e. The van der Waals surface area contributed by atoms with E-state index in [0.29, 0.717) is 33.9 Å². The molecule has 0 bridgehead atoms. The second kappa shape index (κ2) is 17.5. The number of primary amides is 1. The van der Waals surface area contributed by atoms with Gasteiger partial charge in [0.15, 0.2) is 11.5 Å². The lowest BCUT2D eigenvalue weighted by Gasteiger charge is -2.33. The van der Waals surface area contributed by atoms with E-state index >= 15 is 0 Å². The largest absolute Gasteiger partial charge is 0.493 e.